The van der Waals surface area contributed by atoms with Crippen LogP contribution in [0.5, 0.6) is 0 Å². The van der Waals surface area contributed by atoms with Gasteiger partial charge in [-0.25, -0.2) is 0 Å². The van der Waals surface area contributed by atoms with Gasteiger partial charge in [-0.3, -0.25) is 9.67 Å². The summed E-state index contributed by atoms with van der Waals surface area (Å²) in [6.07, 6.45) is 1.20. The van der Waals surface area contributed by atoms with Gasteiger partial charge in [0.2, 0.25) is 0 Å². The smallest absolute Gasteiger partial charge is 0.195 e. The highest BCUT2D eigenvalue weighted by atomic mass is 32.1. The van der Waals surface area contributed by atoms with Crippen LogP contribution in [0.3, 0.4) is 0 Å². The van der Waals surface area contributed by atoms with Crippen molar-refractivity contribution in [2.24, 2.45) is 5.92 Å². The summed E-state index contributed by atoms with van der Waals surface area (Å²) in [4.78, 5) is 0. The van der Waals surface area contributed by atoms with E-state index < -0.39 is 0 Å². The first kappa shape index (κ1) is 10.8. The van der Waals surface area contributed by atoms with Crippen molar-refractivity contribution >= 4 is 12.2 Å². The monoisotopic (exact) mass is 227 g/mol. The molecule has 2 rings (SSSR count). The zero-order valence-electron chi connectivity index (χ0n) is 9.36. The van der Waals surface area contributed by atoms with Crippen molar-refractivity contribution in [3.63, 3.8) is 0 Å². The first-order valence-electron chi connectivity index (χ1n) is 5.39. The van der Waals surface area contributed by atoms with Gasteiger partial charge in [-0.05, 0) is 38.4 Å². The molecule has 4 nitrogen and oxygen atoms in total. The average molecular weight is 227 g/mol. The highest BCUT2D eigenvalue weighted by Gasteiger charge is 2.30. The van der Waals surface area contributed by atoms with E-state index in [1.807, 2.05) is 4.57 Å². The van der Waals surface area contributed by atoms with Gasteiger partial charge in [0.25, 0.3) is 0 Å². The predicted molar refractivity (Wildman–Crippen MR) is 60.3 cm³/mol. The van der Waals surface area contributed by atoms with E-state index in [9.17, 15) is 0 Å². The fraction of sp³-hybridized carbons (Fsp3) is 0.800. The molecular formula is C10H17N3OS. The van der Waals surface area contributed by atoms with Crippen LogP contribution in [0.1, 0.15) is 45.2 Å². The lowest BCUT2D eigenvalue weighted by Crippen LogP contribution is -2.14. The molecule has 0 saturated carbocycles. The number of rotatable bonds is 2. The molecule has 2 unspecified atom stereocenters. The van der Waals surface area contributed by atoms with Crippen LogP contribution in [0.15, 0.2) is 0 Å². The second-order valence-corrected chi connectivity index (χ2v) is 4.79. The maximum atomic E-state index is 5.71. The van der Waals surface area contributed by atoms with Crippen molar-refractivity contribution in [1.82, 2.24) is 14.8 Å². The molecule has 1 aromatic rings. The van der Waals surface area contributed by atoms with Gasteiger partial charge in [-0.1, -0.05) is 6.92 Å². The van der Waals surface area contributed by atoms with Crippen LogP contribution >= 0.6 is 12.2 Å². The minimum Gasteiger partial charge on any atom is -0.370 e. The van der Waals surface area contributed by atoms with Crippen LogP contribution < -0.4 is 0 Å². The zero-order chi connectivity index (χ0) is 11.0. The Hall–Kier alpha value is -0.680. The van der Waals surface area contributed by atoms with Gasteiger partial charge in [0.15, 0.2) is 10.6 Å². The fourth-order valence-electron chi connectivity index (χ4n) is 2.04. The maximum Gasteiger partial charge on any atom is 0.195 e. The van der Waals surface area contributed by atoms with Crippen LogP contribution in [0.2, 0.25) is 0 Å². The summed E-state index contributed by atoms with van der Waals surface area (Å²) in [5, 5.41) is 7.14. The summed E-state index contributed by atoms with van der Waals surface area (Å²) in [6.45, 7) is 7.23. The van der Waals surface area contributed by atoms with Gasteiger partial charge in [0.05, 0.1) is 0 Å². The summed E-state index contributed by atoms with van der Waals surface area (Å²) < 4.78 is 8.43. The lowest BCUT2D eigenvalue weighted by atomic mass is 10.0. The third-order valence-corrected chi connectivity index (χ3v) is 3.18. The number of H-pyrrole nitrogens is 1. The molecule has 0 bridgehead atoms. The zero-order valence-corrected chi connectivity index (χ0v) is 10.2. The van der Waals surface area contributed by atoms with Crippen LogP contribution in [0, 0.1) is 10.7 Å². The van der Waals surface area contributed by atoms with Crippen molar-refractivity contribution in [2.75, 3.05) is 6.61 Å². The van der Waals surface area contributed by atoms with E-state index in [1.54, 1.807) is 0 Å². The van der Waals surface area contributed by atoms with Crippen LogP contribution in [-0.4, -0.2) is 21.4 Å². The minimum atomic E-state index is 0.0975. The SMILES string of the molecule is CC1CCOC1c1n[nH]c(=S)n1C(C)C. The van der Waals surface area contributed by atoms with Gasteiger partial charge < -0.3 is 4.74 Å². The maximum absolute atomic E-state index is 5.71. The molecule has 1 aromatic heterocycles. The van der Waals surface area contributed by atoms with Gasteiger partial charge in [-0.15, -0.1) is 0 Å². The Morgan fingerprint density at radius 3 is 2.87 bits per heavy atom. The molecule has 1 aliphatic heterocycles. The quantitative estimate of drug-likeness (QED) is 0.790. The minimum absolute atomic E-state index is 0.0975. The second kappa shape index (κ2) is 4.06. The molecule has 1 N–H and O–H groups in total. The summed E-state index contributed by atoms with van der Waals surface area (Å²) >= 11 is 5.21. The molecule has 1 aliphatic rings. The molecule has 0 aromatic carbocycles. The molecule has 1 fully saturated rings. The number of hydrogen-bond acceptors (Lipinski definition) is 3. The Bertz CT molecular complexity index is 396. The third-order valence-electron chi connectivity index (χ3n) is 2.89. The highest BCUT2D eigenvalue weighted by molar-refractivity contribution is 7.71. The molecule has 0 spiro atoms. The van der Waals surface area contributed by atoms with Crippen molar-refractivity contribution in [3.8, 4) is 0 Å². The van der Waals surface area contributed by atoms with Crippen molar-refractivity contribution in [1.29, 1.82) is 0 Å². The number of nitrogens with zero attached hydrogens (tertiary/aromatic N) is 2. The Kier molecular flexibility index (Phi) is 2.93. The molecule has 0 aliphatic carbocycles. The van der Waals surface area contributed by atoms with Gasteiger partial charge in [0.1, 0.15) is 6.10 Å². The van der Waals surface area contributed by atoms with Crippen LogP contribution in [0.4, 0.5) is 0 Å². The number of ether oxygens (including phenoxy) is 1. The number of hydrogen-bond donors (Lipinski definition) is 1. The van der Waals surface area contributed by atoms with Gasteiger partial charge in [0, 0.05) is 12.6 Å². The second-order valence-electron chi connectivity index (χ2n) is 4.41. The predicted octanol–water partition coefficient (Wildman–Crippen LogP) is 2.62. The lowest BCUT2D eigenvalue weighted by molar-refractivity contribution is 0.0829. The molecule has 5 heteroatoms. The third kappa shape index (κ3) is 1.86. The highest BCUT2D eigenvalue weighted by Crippen LogP contribution is 2.33. The van der Waals surface area contributed by atoms with E-state index in [-0.39, 0.29) is 6.10 Å². The Morgan fingerprint density at radius 1 is 1.60 bits per heavy atom. The molecular weight excluding hydrogens is 210 g/mol. The van der Waals surface area contributed by atoms with Crippen LogP contribution in [0.25, 0.3) is 0 Å². The van der Waals surface area contributed by atoms with Gasteiger partial charge >= 0.3 is 0 Å². The number of aromatic amines is 1. The molecule has 1 saturated heterocycles. The largest absolute Gasteiger partial charge is 0.370 e. The van der Waals surface area contributed by atoms with Crippen molar-refractivity contribution in [2.45, 2.75) is 39.3 Å². The summed E-state index contributed by atoms with van der Waals surface area (Å²) in [6, 6.07) is 0.322. The molecule has 0 radical (unpaired) electrons. The van der Waals surface area contributed by atoms with E-state index in [0.29, 0.717) is 16.7 Å². The van der Waals surface area contributed by atoms with Gasteiger partial charge in [-0.2, -0.15) is 5.10 Å². The first-order valence-corrected chi connectivity index (χ1v) is 5.80. The van der Waals surface area contributed by atoms with Crippen molar-refractivity contribution in [3.05, 3.63) is 10.6 Å². The summed E-state index contributed by atoms with van der Waals surface area (Å²) in [5.74, 6) is 1.47. The lowest BCUT2D eigenvalue weighted by Gasteiger charge is -2.17. The molecule has 15 heavy (non-hydrogen) atoms. The number of aromatic nitrogens is 3. The summed E-state index contributed by atoms with van der Waals surface area (Å²) in [7, 11) is 0. The molecule has 2 heterocycles. The number of nitrogens with one attached hydrogen (secondary N) is 1. The average Bonchev–Trinajstić information content (AvgIpc) is 2.71. The Balaban J connectivity index is 2.39. The van der Waals surface area contributed by atoms with Crippen molar-refractivity contribution < 1.29 is 4.74 Å². The standard InChI is InChI=1S/C10H17N3OS/c1-6(2)13-9(11-12-10(13)15)8-7(3)4-5-14-8/h6-8H,4-5H2,1-3H3,(H,12,15). The normalized spacial score (nSPS) is 26.4. The molecule has 2 atom stereocenters. The molecule has 0 amide bonds. The van der Waals surface area contributed by atoms with Crippen LogP contribution in [-0.2, 0) is 4.74 Å². The Labute approximate surface area is 94.6 Å². The fourth-order valence-corrected chi connectivity index (χ4v) is 2.39. The first-order chi connectivity index (χ1) is 7.11. The van der Waals surface area contributed by atoms with E-state index in [1.165, 1.54) is 0 Å². The van der Waals surface area contributed by atoms with E-state index in [0.717, 1.165) is 18.9 Å². The molecule has 84 valence electrons. The van der Waals surface area contributed by atoms with E-state index in [4.69, 9.17) is 17.0 Å². The summed E-state index contributed by atoms with van der Waals surface area (Å²) in [5.41, 5.74) is 0. The van der Waals surface area contributed by atoms with E-state index >= 15 is 0 Å². The topological polar surface area (TPSA) is 42.8 Å². The van der Waals surface area contributed by atoms with E-state index in [2.05, 4.69) is 31.0 Å². The Morgan fingerprint density at radius 2 is 2.33 bits per heavy atom.